The summed E-state index contributed by atoms with van der Waals surface area (Å²) in [7, 11) is 0. The highest BCUT2D eigenvalue weighted by atomic mass is 16.2. The fourth-order valence-electron chi connectivity index (χ4n) is 2.58. The molecule has 1 aromatic carbocycles. The van der Waals surface area contributed by atoms with Crippen molar-refractivity contribution in [1.29, 1.82) is 0 Å². The van der Waals surface area contributed by atoms with E-state index in [2.05, 4.69) is 39.0 Å². The van der Waals surface area contributed by atoms with E-state index < -0.39 is 0 Å². The first-order valence-electron chi connectivity index (χ1n) is 6.26. The third-order valence-corrected chi connectivity index (χ3v) is 3.52. The van der Waals surface area contributed by atoms with E-state index in [-0.39, 0.29) is 11.3 Å². The molecule has 0 radical (unpaired) electrons. The summed E-state index contributed by atoms with van der Waals surface area (Å²) in [6.07, 6.45) is 0.988. The Labute approximate surface area is 104 Å². The maximum Gasteiger partial charge on any atom is 0.219 e. The molecule has 1 heterocycles. The molecule has 0 spiro atoms. The van der Waals surface area contributed by atoms with E-state index in [4.69, 9.17) is 0 Å². The number of carbonyl (C=O) groups is 1. The summed E-state index contributed by atoms with van der Waals surface area (Å²) < 4.78 is 0. The minimum absolute atomic E-state index is 0.178. The van der Waals surface area contributed by atoms with Gasteiger partial charge in [0.05, 0.1) is 0 Å². The van der Waals surface area contributed by atoms with Gasteiger partial charge in [0, 0.05) is 20.0 Å². The van der Waals surface area contributed by atoms with Crippen LogP contribution in [0.3, 0.4) is 0 Å². The lowest BCUT2D eigenvalue weighted by molar-refractivity contribution is -0.129. The first-order valence-corrected chi connectivity index (χ1v) is 6.26. The molecule has 0 saturated carbocycles. The van der Waals surface area contributed by atoms with Crippen LogP contribution in [0, 0.1) is 0 Å². The van der Waals surface area contributed by atoms with Gasteiger partial charge in [-0.3, -0.25) is 4.79 Å². The highest BCUT2D eigenvalue weighted by Gasteiger charge is 2.24. The smallest absolute Gasteiger partial charge is 0.219 e. The fraction of sp³-hybridized carbons (Fsp3) is 0.533. The van der Waals surface area contributed by atoms with Crippen LogP contribution in [-0.4, -0.2) is 17.4 Å². The molecule has 2 heteroatoms. The van der Waals surface area contributed by atoms with Crippen molar-refractivity contribution in [3.63, 3.8) is 0 Å². The van der Waals surface area contributed by atoms with Crippen molar-refractivity contribution in [2.75, 3.05) is 6.54 Å². The summed E-state index contributed by atoms with van der Waals surface area (Å²) in [6.45, 7) is 10.0. The lowest BCUT2D eigenvalue weighted by Gasteiger charge is -2.32. The largest absolute Gasteiger partial charge is 0.338 e. The van der Waals surface area contributed by atoms with E-state index in [0.717, 1.165) is 19.5 Å². The number of rotatable bonds is 0. The second-order valence-electron chi connectivity index (χ2n) is 5.88. The molecule has 0 fully saturated rings. The van der Waals surface area contributed by atoms with Crippen LogP contribution in [0.2, 0.25) is 0 Å². The van der Waals surface area contributed by atoms with Crippen molar-refractivity contribution in [2.45, 2.75) is 46.1 Å². The third-order valence-electron chi connectivity index (χ3n) is 3.52. The van der Waals surface area contributed by atoms with Gasteiger partial charge in [0.15, 0.2) is 0 Å². The molecule has 1 amide bonds. The van der Waals surface area contributed by atoms with E-state index in [1.165, 1.54) is 16.7 Å². The third kappa shape index (κ3) is 2.36. The minimum Gasteiger partial charge on any atom is -0.338 e. The average Bonchev–Trinajstić information content (AvgIpc) is 2.26. The van der Waals surface area contributed by atoms with Gasteiger partial charge in [-0.2, -0.15) is 0 Å². The first-order chi connectivity index (χ1) is 7.89. The van der Waals surface area contributed by atoms with E-state index in [0.29, 0.717) is 0 Å². The molecule has 0 bridgehead atoms. The van der Waals surface area contributed by atoms with Gasteiger partial charge < -0.3 is 4.90 Å². The normalized spacial score (nSPS) is 15.6. The van der Waals surface area contributed by atoms with Crippen molar-refractivity contribution in [3.8, 4) is 0 Å². The Kier molecular flexibility index (Phi) is 2.98. The quantitative estimate of drug-likeness (QED) is 0.672. The Morgan fingerprint density at radius 2 is 2.00 bits per heavy atom. The van der Waals surface area contributed by atoms with E-state index in [9.17, 15) is 4.79 Å². The molecule has 2 rings (SSSR count). The zero-order valence-corrected chi connectivity index (χ0v) is 11.2. The highest BCUT2D eigenvalue weighted by molar-refractivity contribution is 5.73. The second-order valence-corrected chi connectivity index (χ2v) is 5.88. The molecular weight excluding hydrogens is 210 g/mol. The number of hydrogen-bond acceptors (Lipinski definition) is 1. The van der Waals surface area contributed by atoms with Gasteiger partial charge in [0.2, 0.25) is 5.91 Å². The Hall–Kier alpha value is -1.31. The summed E-state index contributed by atoms with van der Waals surface area (Å²) in [6, 6.07) is 6.49. The van der Waals surface area contributed by atoms with Gasteiger partial charge in [-0.05, 0) is 28.5 Å². The fourth-order valence-corrected chi connectivity index (χ4v) is 2.58. The van der Waals surface area contributed by atoms with Gasteiger partial charge in [-0.1, -0.05) is 39.0 Å². The number of amides is 1. The lowest BCUT2D eigenvalue weighted by atomic mass is 9.80. The standard InChI is InChI=1S/C15H21NO/c1-11(17)16-9-8-13-12(10-16)6-5-7-14(13)15(2,3)4/h5-7H,8-10H2,1-4H3. The van der Waals surface area contributed by atoms with Crippen LogP contribution in [-0.2, 0) is 23.2 Å². The number of nitrogens with zero attached hydrogens (tertiary/aromatic N) is 1. The van der Waals surface area contributed by atoms with Crippen LogP contribution in [0.15, 0.2) is 18.2 Å². The van der Waals surface area contributed by atoms with Crippen LogP contribution in [0.25, 0.3) is 0 Å². The zero-order valence-electron chi connectivity index (χ0n) is 11.2. The summed E-state index contributed by atoms with van der Waals surface area (Å²) in [5.41, 5.74) is 4.39. The Morgan fingerprint density at radius 3 is 2.59 bits per heavy atom. The van der Waals surface area contributed by atoms with Crippen molar-refractivity contribution < 1.29 is 4.79 Å². The summed E-state index contributed by atoms with van der Waals surface area (Å²) in [4.78, 5) is 13.3. The highest BCUT2D eigenvalue weighted by Crippen LogP contribution is 2.31. The van der Waals surface area contributed by atoms with Gasteiger partial charge in [-0.25, -0.2) is 0 Å². The molecule has 0 aliphatic carbocycles. The number of carbonyl (C=O) groups excluding carboxylic acids is 1. The van der Waals surface area contributed by atoms with Gasteiger partial charge in [-0.15, -0.1) is 0 Å². The molecule has 0 unspecified atom stereocenters. The number of benzene rings is 1. The van der Waals surface area contributed by atoms with Crippen LogP contribution >= 0.6 is 0 Å². The topological polar surface area (TPSA) is 20.3 Å². The monoisotopic (exact) mass is 231 g/mol. The Morgan fingerprint density at radius 1 is 1.29 bits per heavy atom. The Balaban J connectivity index is 2.39. The predicted octanol–water partition coefficient (Wildman–Crippen LogP) is 2.89. The average molecular weight is 231 g/mol. The van der Waals surface area contributed by atoms with Crippen LogP contribution in [0.5, 0.6) is 0 Å². The molecule has 0 aromatic heterocycles. The molecule has 1 aromatic rings. The minimum atomic E-state index is 0.178. The van der Waals surface area contributed by atoms with Gasteiger partial charge in [0.1, 0.15) is 0 Å². The molecule has 2 nitrogen and oxygen atoms in total. The van der Waals surface area contributed by atoms with Crippen molar-refractivity contribution >= 4 is 5.91 Å². The number of fused-ring (bicyclic) bond motifs is 1. The van der Waals surface area contributed by atoms with Crippen molar-refractivity contribution in [1.82, 2.24) is 4.90 Å². The van der Waals surface area contributed by atoms with Crippen LogP contribution in [0.1, 0.15) is 44.4 Å². The summed E-state index contributed by atoms with van der Waals surface area (Å²) in [5, 5.41) is 0. The SMILES string of the molecule is CC(=O)N1CCc2c(cccc2C(C)(C)C)C1. The van der Waals surface area contributed by atoms with Gasteiger partial charge >= 0.3 is 0 Å². The molecular formula is C15H21NO. The predicted molar refractivity (Wildman–Crippen MR) is 69.9 cm³/mol. The lowest BCUT2D eigenvalue weighted by Crippen LogP contribution is -2.35. The van der Waals surface area contributed by atoms with Crippen LogP contribution in [0.4, 0.5) is 0 Å². The van der Waals surface area contributed by atoms with Crippen LogP contribution < -0.4 is 0 Å². The molecule has 0 N–H and O–H groups in total. The maximum absolute atomic E-state index is 11.4. The summed E-state index contributed by atoms with van der Waals surface area (Å²) >= 11 is 0. The molecule has 1 aliphatic heterocycles. The molecule has 1 aliphatic rings. The first kappa shape index (κ1) is 12.2. The van der Waals surface area contributed by atoms with E-state index >= 15 is 0 Å². The molecule has 0 atom stereocenters. The number of hydrogen-bond donors (Lipinski definition) is 0. The second kappa shape index (κ2) is 4.17. The Bertz CT molecular complexity index is 443. The van der Waals surface area contributed by atoms with E-state index in [1.54, 1.807) is 6.92 Å². The van der Waals surface area contributed by atoms with Crippen molar-refractivity contribution in [3.05, 3.63) is 34.9 Å². The molecule has 17 heavy (non-hydrogen) atoms. The zero-order chi connectivity index (χ0) is 12.6. The maximum atomic E-state index is 11.4. The molecule has 92 valence electrons. The summed E-state index contributed by atoms with van der Waals surface area (Å²) in [5.74, 6) is 0.178. The van der Waals surface area contributed by atoms with Gasteiger partial charge in [0.25, 0.3) is 0 Å². The van der Waals surface area contributed by atoms with E-state index in [1.807, 2.05) is 4.90 Å². The van der Waals surface area contributed by atoms with Crippen molar-refractivity contribution in [2.24, 2.45) is 0 Å². The molecule has 0 saturated heterocycles.